The number of fused-ring (bicyclic) bond motifs is 5. The molecule has 2 N–H and O–H groups in total. The van der Waals surface area contributed by atoms with Crippen LogP contribution in [0.1, 0.15) is 25.7 Å². The molecular weight excluding hydrogens is 413 g/mol. The average molecular weight is 439 g/mol. The second-order valence-corrected chi connectivity index (χ2v) is 8.85. The highest BCUT2D eigenvalue weighted by molar-refractivity contribution is 5.84. The van der Waals surface area contributed by atoms with Crippen LogP contribution in [0.4, 0.5) is 15.9 Å². The van der Waals surface area contributed by atoms with Crippen molar-refractivity contribution in [2.45, 2.75) is 50.2 Å². The Balaban J connectivity index is 1.30. The summed E-state index contributed by atoms with van der Waals surface area (Å²) in [6.07, 6.45) is 8.72. The van der Waals surface area contributed by atoms with E-state index in [9.17, 15) is 9.18 Å². The zero-order valence-electron chi connectivity index (χ0n) is 17.7. The van der Waals surface area contributed by atoms with Crippen LogP contribution in [0.3, 0.4) is 0 Å². The molecule has 4 heterocycles. The molecule has 1 saturated heterocycles. The Bertz CT molecular complexity index is 1070. The number of halogens is 1. The minimum atomic E-state index is -0.409. The fourth-order valence-electron chi connectivity index (χ4n) is 4.80. The minimum Gasteiger partial charge on any atom is -0.383 e. The molecule has 8 nitrogen and oxygen atoms in total. The Hall–Kier alpha value is -2.91. The summed E-state index contributed by atoms with van der Waals surface area (Å²) in [6, 6.07) is 4.79. The standard InChI is InChI=1S/C23H26FN5O3/c24-15-8-14-9-16(10-15)25-5-7-28-17(11-20(23(28)30)32-18-2-1-3-18)13-31-21-4-6-29-22(27-21)19(14)12-26-29/h4,6,8-10,12,17-18,20-21,25,27H,1-3,5,7,11,13H2/t17-,20+,21?/m0/s1. The zero-order valence-corrected chi connectivity index (χ0v) is 17.7. The first-order valence-electron chi connectivity index (χ1n) is 11.3. The predicted octanol–water partition coefficient (Wildman–Crippen LogP) is 2.89. The molecule has 2 aromatic rings. The molecule has 2 fully saturated rings. The van der Waals surface area contributed by atoms with Gasteiger partial charge >= 0.3 is 0 Å². The fraction of sp³-hybridized carbons (Fsp3) is 0.478. The summed E-state index contributed by atoms with van der Waals surface area (Å²) >= 11 is 0. The lowest BCUT2D eigenvalue weighted by Crippen LogP contribution is -2.42. The molecule has 1 aromatic carbocycles. The van der Waals surface area contributed by atoms with Crippen LogP contribution in [0.2, 0.25) is 0 Å². The first-order valence-corrected chi connectivity index (χ1v) is 11.3. The number of carbonyl (C=O) groups is 1. The zero-order chi connectivity index (χ0) is 21.7. The molecule has 168 valence electrons. The van der Waals surface area contributed by atoms with Crippen LogP contribution in [0.25, 0.3) is 17.3 Å². The van der Waals surface area contributed by atoms with E-state index >= 15 is 0 Å². The minimum absolute atomic E-state index is 0.0202. The van der Waals surface area contributed by atoms with Gasteiger partial charge in [0.05, 0.1) is 24.9 Å². The van der Waals surface area contributed by atoms with Gasteiger partial charge in [-0.25, -0.2) is 9.07 Å². The van der Waals surface area contributed by atoms with Crippen molar-refractivity contribution in [3.63, 3.8) is 0 Å². The molecule has 1 amide bonds. The third kappa shape index (κ3) is 3.55. The molecule has 6 rings (SSSR count). The lowest BCUT2D eigenvalue weighted by Gasteiger charge is -2.28. The molecule has 4 bridgehead atoms. The van der Waals surface area contributed by atoms with Crippen LogP contribution >= 0.6 is 0 Å². The summed E-state index contributed by atoms with van der Waals surface area (Å²) in [5.41, 5.74) is 2.19. The summed E-state index contributed by atoms with van der Waals surface area (Å²) in [6.45, 7) is 1.41. The number of hydrogen-bond acceptors (Lipinski definition) is 6. The van der Waals surface area contributed by atoms with Gasteiger partial charge in [0.1, 0.15) is 24.0 Å². The van der Waals surface area contributed by atoms with Crippen LogP contribution in [0, 0.1) is 5.82 Å². The van der Waals surface area contributed by atoms with E-state index in [1.807, 2.05) is 23.2 Å². The highest BCUT2D eigenvalue weighted by Crippen LogP contribution is 2.34. The molecule has 32 heavy (non-hydrogen) atoms. The molecule has 0 radical (unpaired) electrons. The van der Waals surface area contributed by atoms with Crippen LogP contribution in [0.15, 0.2) is 30.5 Å². The molecule has 1 aromatic heterocycles. The van der Waals surface area contributed by atoms with Gasteiger partial charge in [0.25, 0.3) is 5.91 Å². The molecule has 1 aliphatic carbocycles. The molecule has 1 saturated carbocycles. The highest BCUT2D eigenvalue weighted by atomic mass is 19.1. The molecule has 4 aliphatic rings. The Labute approximate surface area is 185 Å². The van der Waals surface area contributed by atoms with Crippen molar-refractivity contribution in [3.05, 3.63) is 36.3 Å². The van der Waals surface area contributed by atoms with Gasteiger partial charge in [-0.05, 0) is 49.1 Å². The van der Waals surface area contributed by atoms with Crippen molar-refractivity contribution < 1.29 is 18.7 Å². The molecule has 3 aliphatic heterocycles. The number of nitrogens with one attached hydrogen (secondary N) is 2. The number of nitrogens with zero attached hydrogens (tertiary/aromatic N) is 3. The third-order valence-electron chi connectivity index (χ3n) is 6.73. The largest absolute Gasteiger partial charge is 0.383 e. The summed E-state index contributed by atoms with van der Waals surface area (Å²) in [7, 11) is 0. The van der Waals surface area contributed by atoms with Crippen molar-refractivity contribution in [2.24, 2.45) is 0 Å². The Kier molecular flexibility index (Phi) is 4.87. The Morgan fingerprint density at radius 3 is 3.00 bits per heavy atom. The number of anilines is 2. The lowest BCUT2D eigenvalue weighted by molar-refractivity contribution is -0.144. The van der Waals surface area contributed by atoms with Gasteiger partial charge < -0.3 is 25.0 Å². The monoisotopic (exact) mass is 439 g/mol. The third-order valence-corrected chi connectivity index (χ3v) is 6.73. The SMILES string of the molecule is O=C1[C@H](OC2CCC2)C[C@H]2COC3C=Cn4ncc(c4N3)-c3cc(F)cc(c3)NCCN12. The van der Waals surface area contributed by atoms with Gasteiger partial charge in [0.15, 0.2) is 0 Å². The molecular formula is C23H26FN5O3. The van der Waals surface area contributed by atoms with E-state index in [0.717, 1.165) is 29.8 Å². The Morgan fingerprint density at radius 1 is 1.25 bits per heavy atom. The topological polar surface area (TPSA) is 80.6 Å². The van der Waals surface area contributed by atoms with E-state index in [4.69, 9.17) is 9.47 Å². The van der Waals surface area contributed by atoms with Crippen LogP contribution < -0.4 is 10.6 Å². The highest BCUT2D eigenvalue weighted by Gasteiger charge is 2.42. The van der Waals surface area contributed by atoms with Crippen molar-refractivity contribution in [3.8, 4) is 11.1 Å². The molecule has 0 spiro atoms. The number of carbonyl (C=O) groups excluding carboxylic acids is 1. The van der Waals surface area contributed by atoms with E-state index in [0.29, 0.717) is 31.8 Å². The van der Waals surface area contributed by atoms with Crippen molar-refractivity contribution in [1.29, 1.82) is 0 Å². The van der Waals surface area contributed by atoms with Crippen LogP contribution in [0.5, 0.6) is 0 Å². The number of benzene rings is 1. The smallest absolute Gasteiger partial charge is 0.252 e. The second-order valence-electron chi connectivity index (χ2n) is 8.85. The van der Waals surface area contributed by atoms with Gasteiger partial charge in [-0.3, -0.25) is 4.79 Å². The van der Waals surface area contributed by atoms with Gasteiger partial charge in [0.2, 0.25) is 0 Å². The van der Waals surface area contributed by atoms with Gasteiger partial charge in [-0.15, -0.1) is 0 Å². The van der Waals surface area contributed by atoms with Gasteiger partial charge in [0, 0.05) is 37.0 Å². The van der Waals surface area contributed by atoms with Crippen LogP contribution in [-0.4, -0.2) is 64.8 Å². The van der Waals surface area contributed by atoms with E-state index < -0.39 is 6.10 Å². The quantitative estimate of drug-likeness (QED) is 0.749. The first-order chi connectivity index (χ1) is 15.6. The number of aromatic nitrogens is 2. The fourth-order valence-corrected chi connectivity index (χ4v) is 4.80. The van der Waals surface area contributed by atoms with Crippen molar-refractivity contribution in [2.75, 3.05) is 30.3 Å². The van der Waals surface area contributed by atoms with Gasteiger partial charge in [-0.2, -0.15) is 5.10 Å². The maximum atomic E-state index is 14.4. The number of hydrogen-bond donors (Lipinski definition) is 2. The van der Waals surface area contributed by atoms with E-state index in [1.54, 1.807) is 10.9 Å². The molecule has 1 unspecified atom stereocenters. The lowest BCUT2D eigenvalue weighted by atomic mass is 9.96. The number of rotatable bonds is 2. The average Bonchev–Trinajstić information content (AvgIpc) is 3.29. The second kappa shape index (κ2) is 7.90. The summed E-state index contributed by atoms with van der Waals surface area (Å²) in [5, 5.41) is 11.0. The van der Waals surface area contributed by atoms with Crippen molar-refractivity contribution >= 4 is 23.6 Å². The number of amides is 1. The van der Waals surface area contributed by atoms with E-state index in [1.165, 1.54) is 18.6 Å². The summed E-state index contributed by atoms with van der Waals surface area (Å²) in [5.74, 6) is 0.434. The van der Waals surface area contributed by atoms with E-state index in [-0.39, 0.29) is 30.1 Å². The van der Waals surface area contributed by atoms with Crippen molar-refractivity contribution in [1.82, 2.24) is 14.7 Å². The Morgan fingerprint density at radius 2 is 2.16 bits per heavy atom. The normalized spacial score (nSPS) is 27.2. The summed E-state index contributed by atoms with van der Waals surface area (Å²) < 4.78 is 28.3. The van der Waals surface area contributed by atoms with Crippen LogP contribution in [-0.2, 0) is 14.3 Å². The predicted molar refractivity (Wildman–Crippen MR) is 117 cm³/mol. The first kappa shape index (κ1) is 19.8. The van der Waals surface area contributed by atoms with Gasteiger partial charge in [-0.1, -0.05) is 0 Å². The van der Waals surface area contributed by atoms with E-state index in [2.05, 4.69) is 15.7 Å². The molecule has 3 atom stereocenters. The maximum absolute atomic E-state index is 14.4. The maximum Gasteiger partial charge on any atom is 0.252 e. The number of ether oxygens (including phenoxy) is 2. The molecule has 9 heteroatoms. The summed E-state index contributed by atoms with van der Waals surface area (Å²) in [4.78, 5) is 14.9.